The van der Waals surface area contributed by atoms with Gasteiger partial charge in [0.1, 0.15) is 4.90 Å². The Labute approximate surface area is 112 Å². The number of hydrogen-bond acceptors (Lipinski definition) is 5. The van der Waals surface area contributed by atoms with Crippen molar-refractivity contribution in [3.8, 4) is 0 Å². The van der Waals surface area contributed by atoms with Crippen LogP contribution in [0.15, 0.2) is 23.1 Å². The number of nitrogens with zero attached hydrogens (tertiary/aromatic N) is 1. The Morgan fingerprint density at radius 1 is 1.32 bits per heavy atom. The van der Waals surface area contributed by atoms with E-state index in [0.29, 0.717) is 37.6 Å². The van der Waals surface area contributed by atoms with E-state index in [0.717, 1.165) is 0 Å². The van der Waals surface area contributed by atoms with E-state index in [4.69, 9.17) is 9.88 Å². The van der Waals surface area contributed by atoms with Crippen molar-refractivity contribution in [2.45, 2.75) is 11.8 Å². The zero-order chi connectivity index (χ0) is 14.0. The van der Waals surface area contributed by atoms with Gasteiger partial charge < -0.3 is 9.64 Å². The third kappa shape index (κ3) is 3.12. The predicted molar refractivity (Wildman–Crippen MR) is 70.9 cm³/mol. The van der Waals surface area contributed by atoms with Crippen LogP contribution in [-0.2, 0) is 14.8 Å². The zero-order valence-electron chi connectivity index (χ0n) is 10.6. The Kier molecular flexibility index (Phi) is 3.88. The summed E-state index contributed by atoms with van der Waals surface area (Å²) in [6.45, 7) is 3.66. The lowest BCUT2D eigenvalue weighted by Gasteiger charge is -2.30. The largest absolute Gasteiger partial charge is 0.378 e. The average molecular weight is 284 g/mol. The van der Waals surface area contributed by atoms with E-state index >= 15 is 0 Å². The van der Waals surface area contributed by atoms with E-state index in [1.165, 1.54) is 13.0 Å². The number of carbonyl (C=O) groups is 1. The summed E-state index contributed by atoms with van der Waals surface area (Å²) in [5.41, 5.74) is 0.858. The maximum Gasteiger partial charge on any atom is 0.240 e. The third-order valence-electron chi connectivity index (χ3n) is 3.02. The highest BCUT2D eigenvalue weighted by Crippen LogP contribution is 2.26. The van der Waals surface area contributed by atoms with Gasteiger partial charge in [-0.05, 0) is 25.1 Å². The molecule has 7 heteroatoms. The van der Waals surface area contributed by atoms with Crippen LogP contribution in [0.2, 0.25) is 0 Å². The first-order valence-electron chi connectivity index (χ1n) is 5.90. The van der Waals surface area contributed by atoms with E-state index < -0.39 is 10.0 Å². The van der Waals surface area contributed by atoms with Gasteiger partial charge in [-0.3, -0.25) is 4.79 Å². The molecule has 0 radical (unpaired) electrons. The summed E-state index contributed by atoms with van der Waals surface area (Å²) in [7, 11) is -3.87. The van der Waals surface area contributed by atoms with E-state index in [2.05, 4.69) is 0 Å². The molecule has 1 saturated heterocycles. The van der Waals surface area contributed by atoms with Gasteiger partial charge in [0.2, 0.25) is 10.0 Å². The molecule has 0 spiro atoms. The molecule has 1 aliphatic rings. The van der Waals surface area contributed by atoms with Gasteiger partial charge in [0.05, 0.1) is 18.9 Å². The summed E-state index contributed by atoms with van der Waals surface area (Å²) in [5, 5.41) is 5.24. The predicted octanol–water partition coefficient (Wildman–Crippen LogP) is 0.373. The first-order chi connectivity index (χ1) is 8.89. The topological polar surface area (TPSA) is 89.7 Å². The molecule has 0 atom stereocenters. The normalized spacial score (nSPS) is 16.4. The highest BCUT2D eigenvalue weighted by atomic mass is 32.2. The van der Waals surface area contributed by atoms with Gasteiger partial charge in [-0.1, -0.05) is 0 Å². The number of ketones is 1. The molecule has 2 N–H and O–H groups in total. The lowest BCUT2D eigenvalue weighted by molar-refractivity contribution is 0.101. The van der Waals surface area contributed by atoms with Crippen LogP contribution in [0.25, 0.3) is 0 Å². The first kappa shape index (κ1) is 14.0. The fraction of sp³-hybridized carbons (Fsp3) is 0.417. The van der Waals surface area contributed by atoms with Crippen LogP contribution in [0.3, 0.4) is 0 Å². The van der Waals surface area contributed by atoms with Crippen LogP contribution in [-0.4, -0.2) is 40.5 Å². The molecular weight excluding hydrogens is 268 g/mol. The molecule has 0 unspecified atom stereocenters. The van der Waals surface area contributed by atoms with Gasteiger partial charge in [-0.25, -0.2) is 13.6 Å². The van der Waals surface area contributed by atoms with Gasteiger partial charge in [-0.15, -0.1) is 0 Å². The highest BCUT2D eigenvalue weighted by molar-refractivity contribution is 7.89. The summed E-state index contributed by atoms with van der Waals surface area (Å²) in [6.07, 6.45) is 0. The smallest absolute Gasteiger partial charge is 0.240 e. The number of nitrogens with two attached hydrogens (primary N) is 1. The van der Waals surface area contributed by atoms with Gasteiger partial charge in [-0.2, -0.15) is 0 Å². The molecule has 104 valence electrons. The molecule has 19 heavy (non-hydrogen) atoms. The first-order valence-corrected chi connectivity index (χ1v) is 7.45. The molecular formula is C12H16N2O4S. The molecule has 1 aliphatic heterocycles. The SMILES string of the molecule is CC(=O)c1ccc(N2CCOCC2)c(S(N)(=O)=O)c1. The van der Waals surface area contributed by atoms with Crippen LogP contribution < -0.4 is 10.0 Å². The molecule has 1 aromatic carbocycles. The lowest BCUT2D eigenvalue weighted by Crippen LogP contribution is -2.37. The van der Waals surface area contributed by atoms with Crippen molar-refractivity contribution >= 4 is 21.5 Å². The Balaban J connectivity index is 2.50. The van der Waals surface area contributed by atoms with Crippen LogP contribution >= 0.6 is 0 Å². The minimum atomic E-state index is -3.87. The zero-order valence-corrected chi connectivity index (χ0v) is 11.4. The van der Waals surface area contributed by atoms with Crippen molar-refractivity contribution in [1.82, 2.24) is 0 Å². The van der Waals surface area contributed by atoms with E-state index in [1.807, 2.05) is 4.90 Å². The Morgan fingerprint density at radius 3 is 2.47 bits per heavy atom. The summed E-state index contributed by atoms with van der Waals surface area (Å²) >= 11 is 0. The van der Waals surface area contributed by atoms with Crippen LogP contribution in [0.4, 0.5) is 5.69 Å². The molecule has 0 saturated carbocycles. The second kappa shape index (κ2) is 5.28. The number of morpholine rings is 1. The fourth-order valence-corrected chi connectivity index (χ4v) is 2.81. The third-order valence-corrected chi connectivity index (χ3v) is 3.96. The van der Waals surface area contributed by atoms with Crippen LogP contribution in [0.1, 0.15) is 17.3 Å². The maximum atomic E-state index is 11.7. The summed E-state index contributed by atoms with van der Waals surface area (Å²) < 4.78 is 28.6. The van der Waals surface area contributed by atoms with E-state index in [9.17, 15) is 13.2 Å². The summed E-state index contributed by atoms with van der Waals surface area (Å²) in [4.78, 5) is 13.2. The second-order valence-corrected chi connectivity index (χ2v) is 5.91. The molecule has 0 amide bonds. The Hall–Kier alpha value is -1.44. The van der Waals surface area contributed by atoms with Crippen molar-refractivity contribution in [3.63, 3.8) is 0 Å². The van der Waals surface area contributed by atoms with Crippen LogP contribution in [0.5, 0.6) is 0 Å². The van der Waals surface area contributed by atoms with Crippen molar-refractivity contribution in [3.05, 3.63) is 23.8 Å². The Morgan fingerprint density at radius 2 is 1.95 bits per heavy atom. The van der Waals surface area contributed by atoms with Gasteiger partial charge >= 0.3 is 0 Å². The number of Topliss-reactive ketones (excluding diaryl/α,β-unsaturated/α-hetero) is 1. The highest BCUT2D eigenvalue weighted by Gasteiger charge is 2.21. The van der Waals surface area contributed by atoms with E-state index in [1.54, 1.807) is 12.1 Å². The number of anilines is 1. The molecule has 1 fully saturated rings. The van der Waals surface area contributed by atoms with Gasteiger partial charge in [0, 0.05) is 18.7 Å². The number of carbonyl (C=O) groups excluding carboxylic acids is 1. The summed E-state index contributed by atoms with van der Waals surface area (Å²) in [5.74, 6) is -0.196. The summed E-state index contributed by atoms with van der Waals surface area (Å²) in [6, 6.07) is 4.58. The van der Waals surface area contributed by atoms with Crippen LogP contribution in [0, 0.1) is 0 Å². The quantitative estimate of drug-likeness (QED) is 0.810. The maximum absolute atomic E-state index is 11.7. The molecule has 1 heterocycles. The van der Waals surface area contributed by atoms with Crippen molar-refractivity contribution in [1.29, 1.82) is 0 Å². The minimum absolute atomic E-state index is 0.0119. The number of primary sulfonamides is 1. The van der Waals surface area contributed by atoms with Crippen molar-refractivity contribution < 1.29 is 17.9 Å². The number of benzene rings is 1. The van der Waals surface area contributed by atoms with Gasteiger partial charge in [0.15, 0.2) is 5.78 Å². The average Bonchev–Trinajstić information content (AvgIpc) is 2.38. The molecule has 1 aromatic rings. The van der Waals surface area contributed by atoms with Gasteiger partial charge in [0.25, 0.3) is 0 Å². The molecule has 6 nitrogen and oxygen atoms in total. The number of sulfonamides is 1. The minimum Gasteiger partial charge on any atom is -0.378 e. The Bertz CT molecular complexity index is 592. The standard InChI is InChI=1S/C12H16N2O4S/c1-9(15)10-2-3-11(12(8-10)19(13,16)17)14-4-6-18-7-5-14/h2-3,8H,4-7H2,1H3,(H2,13,16,17). The lowest BCUT2D eigenvalue weighted by atomic mass is 10.1. The van der Waals surface area contributed by atoms with E-state index in [-0.39, 0.29) is 10.7 Å². The monoisotopic (exact) mass is 284 g/mol. The molecule has 0 aliphatic carbocycles. The molecule has 0 aromatic heterocycles. The second-order valence-electron chi connectivity index (χ2n) is 4.38. The number of ether oxygens (including phenoxy) is 1. The number of hydrogen-bond donors (Lipinski definition) is 1. The molecule has 2 rings (SSSR count). The van der Waals surface area contributed by atoms with Crippen molar-refractivity contribution in [2.75, 3.05) is 31.2 Å². The number of rotatable bonds is 3. The van der Waals surface area contributed by atoms with Crippen molar-refractivity contribution in [2.24, 2.45) is 5.14 Å². The fourth-order valence-electron chi connectivity index (χ4n) is 2.03. The molecule has 0 bridgehead atoms.